The van der Waals surface area contributed by atoms with E-state index in [9.17, 15) is 0 Å². The fourth-order valence-electron chi connectivity index (χ4n) is 3.13. The molecule has 29 heavy (non-hydrogen) atoms. The third-order valence-corrected chi connectivity index (χ3v) is 4.83. The first kappa shape index (κ1) is 21.1. The third-order valence-electron chi connectivity index (χ3n) is 4.44. The van der Waals surface area contributed by atoms with Crippen molar-refractivity contribution in [3.63, 3.8) is 0 Å². The average molecular weight is 438 g/mol. The van der Waals surface area contributed by atoms with Gasteiger partial charge in [-0.05, 0) is 72.8 Å². The summed E-state index contributed by atoms with van der Waals surface area (Å²) >= 11 is 12.0. The predicted molar refractivity (Wildman–Crippen MR) is 112 cm³/mol. The van der Waals surface area contributed by atoms with E-state index in [0.29, 0.717) is 28.4 Å². The van der Waals surface area contributed by atoms with Crippen LogP contribution in [-0.2, 0) is 4.74 Å². The van der Waals surface area contributed by atoms with Gasteiger partial charge in [0, 0.05) is 5.56 Å². The first-order valence-electron chi connectivity index (χ1n) is 9.03. The van der Waals surface area contributed by atoms with E-state index in [-0.39, 0.29) is 16.4 Å². The lowest BCUT2D eigenvalue weighted by Crippen LogP contribution is -2.15. The normalized spacial score (nSPS) is 15.4. The highest BCUT2D eigenvalue weighted by atomic mass is 35.5. The Kier molecular flexibility index (Phi) is 7.06. The van der Waals surface area contributed by atoms with Crippen molar-refractivity contribution in [2.75, 3.05) is 7.11 Å². The zero-order chi connectivity index (χ0) is 20.8. The molecule has 0 atom stereocenters. The first-order chi connectivity index (χ1) is 14.0. The second kappa shape index (κ2) is 9.71. The van der Waals surface area contributed by atoms with Crippen molar-refractivity contribution in [3.8, 4) is 11.5 Å². The Morgan fingerprint density at radius 3 is 2.48 bits per heavy atom. The minimum Gasteiger partial charge on any atom is -0.493 e. The summed E-state index contributed by atoms with van der Waals surface area (Å²) in [5.74, 6) is 1.51. The first-order valence-corrected chi connectivity index (χ1v) is 9.79. The monoisotopic (exact) mass is 437 g/mol. The Bertz CT molecular complexity index is 908. The maximum atomic E-state index is 8.93. The molecule has 0 saturated heterocycles. The molecule has 154 valence electrons. The van der Waals surface area contributed by atoms with Crippen LogP contribution in [0.5, 0.6) is 11.5 Å². The van der Waals surface area contributed by atoms with Crippen LogP contribution in [0.4, 0.5) is 0 Å². The number of aromatic nitrogens is 1. The summed E-state index contributed by atoms with van der Waals surface area (Å²) in [6, 6.07) is 8.15. The van der Waals surface area contributed by atoms with Gasteiger partial charge in [0.15, 0.2) is 11.5 Å². The number of hydrogen-bond donors (Lipinski definition) is 2. The molecule has 0 unspecified atom stereocenters. The number of oxime groups is 1. The highest BCUT2D eigenvalue weighted by molar-refractivity contribution is 6.32. The molecule has 1 saturated carbocycles. The number of amidine groups is 1. The van der Waals surface area contributed by atoms with Gasteiger partial charge in [-0.3, -0.25) is 0 Å². The summed E-state index contributed by atoms with van der Waals surface area (Å²) < 4.78 is 17.1. The fraction of sp³-hybridized carbons (Fsp3) is 0.300. The summed E-state index contributed by atoms with van der Waals surface area (Å²) in [4.78, 5) is 3.92. The predicted octanol–water partition coefficient (Wildman–Crippen LogP) is 4.94. The van der Waals surface area contributed by atoms with Crippen molar-refractivity contribution in [1.29, 1.82) is 0 Å². The largest absolute Gasteiger partial charge is 0.493 e. The number of benzene rings is 1. The van der Waals surface area contributed by atoms with E-state index >= 15 is 0 Å². The zero-order valence-corrected chi connectivity index (χ0v) is 17.3. The molecule has 0 spiro atoms. The van der Waals surface area contributed by atoms with Crippen molar-refractivity contribution < 1.29 is 19.4 Å². The molecule has 1 aromatic heterocycles. The standard InChI is InChI=1S/C20H21Cl2N3O4/c1-27-15-7-6-13(11-17(15)28-14-4-2-3-5-14)16(29-20(23)25-26)8-12-9-18(21)24-19(22)10-12/h6-11,14,26H,2-5H2,1H3,(H2,23,25)/b16-8-. The lowest BCUT2D eigenvalue weighted by molar-refractivity contribution is 0.200. The van der Waals surface area contributed by atoms with Gasteiger partial charge < -0.3 is 25.2 Å². The fourth-order valence-corrected chi connectivity index (χ4v) is 3.61. The smallest absolute Gasteiger partial charge is 0.326 e. The summed E-state index contributed by atoms with van der Waals surface area (Å²) in [5.41, 5.74) is 6.83. The molecule has 1 heterocycles. The highest BCUT2D eigenvalue weighted by Gasteiger charge is 2.19. The number of pyridine rings is 1. The molecule has 0 radical (unpaired) electrons. The van der Waals surface area contributed by atoms with E-state index in [4.69, 9.17) is 48.4 Å². The summed E-state index contributed by atoms with van der Waals surface area (Å²) in [6.07, 6.45) is 6.10. The van der Waals surface area contributed by atoms with Crippen LogP contribution < -0.4 is 15.2 Å². The van der Waals surface area contributed by atoms with Gasteiger partial charge in [0.2, 0.25) is 0 Å². The van der Waals surface area contributed by atoms with Crippen LogP contribution in [0.15, 0.2) is 35.5 Å². The van der Waals surface area contributed by atoms with Gasteiger partial charge in [0.1, 0.15) is 16.1 Å². The van der Waals surface area contributed by atoms with E-state index in [0.717, 1.165) is 25.7 Å². The molecule has 0 amide bonds. The second-order valence-corrected chi connectivity index (χ2v) is 7.26. The van der Waals surface area contributed by atoms with E-state index in [1.165, 1.54) is 0 Å². The Balaban J connectivity index is 2.01. The van der Waals surface area contributed by atoms with E-state index < -0.39 is 6.02 Å². The Morgan fingerprint density at radius 1 is 1.17 bits per heavy atom. The Hall–Kier alpha value is -2.64. The van der Waals surface area contributed by atoms with Crippen LogP contribution >= 0.6 is 23.2 Å². The van der Waals surface area contributed by atoms with Crippen LogP contribution in [0.3, 0.4) is 0 Å². The summed E-state index contributed by atoms with van der Waals surface area (Å²) in [7, 11) is 1.58. The van der Waals surface area contributed by atoms with Crippen molar-refractivity contribution in [2.24, 2.45) is 10.9 Å². The van der Waals surface area contributed by atoms with E-state index in [1.54, 1.807) is 43.5 Å². The zero-order valence-electron chi connectivity index (χ0n) is 15.8. The van der Waals surface area contributed by atoms with Gasteiger partial charge in [-0.2, -0.15) is 0 Å². The minimum atomic E-state index is -0.420. The van der Waals surface area contributed by atoms with Crippen molar-refractivity contribution >= 4 is 41.1 Å². The Labute approximate surface area is 178 Å². The molecular formula is C20H21Cl2N3O4. The number of rotatable bonds is 6. The van der Waals surface area contributed by atoms with E-state index in [1.807, 2.05) is 0 Å². The molecule has 1 fully saturated rings. The van der Waals surface area contributed by atoms with E-state index in [2.05, 4.69) is 10.1 Å². The van der Waals surface area contributed by atoms with Crippen LogP contribution in [0, 0.1) is 0 Å². The van der Waals surface area contributed by atoms with Crippen LogP contribution in [0.2, 0.25) is 10.3 Å². The number of ether oxygens (including phenoxy) is 3. The average Bonchev–Trinajstić information content (AvgIpc) is 3.19. The molecule has 7 nitrogen and oxygen atoms in total. The van der Waals surface area contributed by atoms with Crippen molar-refractivity contribution in [3.05, 3.63) is 51.8 Å². The van der Waals surface area contributed by atoms with Gasteiger partial charge in [-0.1, -0.05) is 23.2 Å². The molecule has 0 aliphatic heterocycles. The second-order valence-electron chi connectivity index (χ2n) is 6.48. The van der Waals surface area contributed by atoms with Crippen LogP contribution in [0.25, 0.3) is 11.8 Å². The van der Waals surface area contributed by atoms with Crippen molar-refractivity contribution in [1.82, 2.24) is 4.98 Å². The molecule has 0 bridgehead atoms. The van der Waals surface area contributed by atoms with Gasteiger partial charge in [0.05, 0.1) is 13.2 Å². The third kappa shape index (κ3) is 5.68. The molecule has 1 aromatic carbocycles. The number of nitrogens with two attached hydrogens (primary N) is 1. The SMILES string of the molecule is COc1ccc(/C(=C/c2cc(Cl)nc(Cl)c2)OC(N)=NO)cc1OC1CCCC1. The molecule has 3 rings (SSSR count). The van der Waals surface area contributed by atoms with Crippen LogP contribution in [-0.4, -0.2) is 29.4 Å². The number of methoxy groups -OCH3 is 1. The lowest BCUT2D eigenvalue weighted by atomic mass is 10.1. The Morgan fingerprint density at radius 2 is 1.86 bits per heavy atom. The maximum absolute atomic E-state index is 8.93. The van der Waals surface area contributed by atoms with Crippen LogP contribution in [0.1, 0.15) is 36.8 Å². The van der Waals surface area contributed by atoms with Crippen molar-refractivity contribution in [2.45, 2.75) is 31.8 Å². The molecular weight excluding hydrogens is 417 g/mol. The topological polar surface area (TPSA) is 99.2 Å². The molecule has 1 aliphatic rings. The molecule has 2 aromatic rings. The number of hydrogen-bond acceptors (Lipinski definition) is 6. The van der Waals surface area contributed by atoms with Gasteiger partial charge in [-0.25, -0.2) is 4.98 Å². The number of nitrogens with zero attached hydrogens (tertiary/aromatic N) is 2. The summed E-state index contributed by atoms with van der Waals surface area (Å²) in [5, 5.41) is 12.3. The van der Waals surface area contributed by atoms with Gasteiger partial charge in [-0.15, -0.1) is 0 Å². The highest BCUT2D eigenvalue weighted by Crippen LogP contribution is 2.35. The molecule has 3 N–H and O–H groups in total. The maximum Gasteiger partial charge on any atom is 0.326 e. The number of halogens is 2. The lowest BCUT2D eigenvalue weighted by Gasteiger charge is -2.17. The van der Waals surface area contributed by atoms with Gasteiger partial charge >= 0.3 is 6.02 Å². The summed E-state index contributed by atoms with van der Waals surface area (Å²) in [6.45, 7) is 0. The van der Waals surface area contributed by atoms with Gasteiger partial charge in [0.25, 0.3) is 0 Å². The quantitative estimate of drug-likeness (QED) is 0.166. The molecule has 1 aliphatic carbocycles. The minimum absolute atomic E-state index is 0.148. The molecule has 9 heteroatoms.